The molecule has 1 aromatic rings. The molecule has 1 unspecified atom stereocenters. The highest BCUT2D eigenvalue weighted by Crippen LogP contribution is 2.44. The van der Waals surface area contributed by atoms with Crippen molar-refractivity contribution in [3.63, 3.8) is 0 Å². The van der Waals surface area contributed by atoms with Gasteiger partial charge in [-0.1, -0.05) is 13.8 Å². The zero-order valence-corrected chi connectivity index (χ0v) is 10.1. The Bertz CT molecular complexity index is 318. The molecule has 1 saturated heterocycles. The molecule has 0 bridgehead atoms. The van der Waals surface area contributed by atoms with Gasteiger partial charge in [-0.15, -0.1) is 0 Å². The summed E-state index contributed by atoms with van der Waals surface area (Å²) in [5, 5.41) is 10.7. The Balaban J connectivity index is 2.17. The lowest BCUT2D eigenvalue weighted by molar-refractivity contribution is -0.0545. The molecule has 0 saturated carbocycles. The number of hydrogen-bond acceptors (Lipinski definition) is 3. The standard InChI is InChI=1S/C12H18O2S/c1-11(2)5-7-15-9-12(11,13)8-10-4-3-6-14-10/h3-4,6,13H,5,7-9H2,1-2H3. The highest BCUT2D eigenvalue weighted by molar-refractivity contribution is 7.99. The number of furan rings is 1. The summed E-state index contributed by atoms with van der Waals surface area (Å²) in [4.78, 5) is 0. The Morgan fingerprint density at radius 1 is 1.53 bits per heavy atom. The van der Waals surface area contributed by atoms with Crippen LogP contribution in [-0.4, -0.2) is 22.2 Å². The molecule has 1 aliphatic heterocycles. The van der Waals surface area contributed by atoms with Crippen LogP contribution in [0.2, 0.25) is 0 Å². The van der Waals surface area contributed by atoms with Crippen molar-refractivity contribution in [3.8, 4) is 0 Å². The van der Waals surface area contributed by atoms with Crippen LogP contribution in [0.5, 0.6) is 0 Å². The second-order valence-corrected chi connectivity index (χ2v) is 6.08. The Morgan fingerprint density at radius 2 is 2.33 bits per heavy atom. The molecule has 1 atom stereocenters. The first kappa shape index (κ1) is 11.1. The van der Waals surface area contributed by atoms with Crippen LogP contribution in [0.3, 0.4) is 0 Å². The minimum atomic E-state index is -0.631. The molecular formula is C12H18O2S. The van der Waals surface area contributed by atoms with Crippen molar-refractivity contribution < 1.29 is 9.52 Å². The van der Waals surface area contributed by atoms with Gasteiger partial charge in [-0.05, 0) is 29.7 Å². The van der Waals surface area contributed by atoms with Crippen LogP contribution in [0.4, 0.5) is 0 Å². The fourth-order valence-electron chi connectivity index (χ4n) is 1.99. The van der Waals surface area contributed by atoms with Crippen molar-refractivity contribution in [3.05, 3.63) is 24.2 Å². The molecule has 84 valence electrons. The molecule has 3 heteroatoms. The van der Waals surface area contributed by atoms with E-state index in [4.69, 9.17) is 4.42 Å². The van der Waals surface area contributed by atoms with Gasteiger partial charge < -0.3 is 9.52 Å². The first-order chi connectivity index (χ1) is 7.04. The highest BCUT2D eigenvalue weighted by atomic mass is 32.2. The number of rotatable bonds is 2. The van der Waals surface area contributed by atoms with E-state index in [-0.39, 0.29) is 5.41 Å². The number of hydrogen-bond donors (Lipinski definition) is 1. The molecule has 1 aromatic heterocycles. The highest BCUT2D eigenvalue weighted by Gasteiger charge is 2.45. The molecule has 2 heterocycles. The average Bonchev–Trinajstić information content (AvgIpc) is 2.63. The van der Waals surface area contributed by atoms with E-state index in [1.165, 1.54) is 0 Å². The summed E-state index contributed by atoms with van der Waals surface area (Å²) in [5.74, 6) is 2.84. The van der Waals surface area contributed by atoms with Gasteiger partial charge >= 0.3 is 0 Å². The quantitative estimate of drug-likeness (QED) is 0.841. The third-order valence-electron chi connectivity index (χ3n) is 3.52. The normalized spacial score (nSPS) is 30.3. The van der Waals surface area contributed by atoms with Crippen LogP contribution in [0, 0.1) is 5.41 Å². The molecule has 15 heavy (non-hydrogen) atoms. The van der Waals surface area contributed by atoms with Gasteiger partial charge in [0.05, 0.1) is 11.9 Å². The molecule has 2 nitrogen and oxygen atoms in total. The molecule has 0 radical (unpaired) electrons. The van der Waals surface area contributed by atoms with E-state index in [9.17, 15) is 5.11 Å². The molecule has 0 aromatic carbocycles. The fraction of sp³-hybridized carbons (Fsp3) is 0.667. The molecule has 1 aliphatic rings. The lowest BCUT2D eigenvalue weighted by Crippen LogP contribution is -2.51. The zero-order chi connectivity index (χ0) is 10.9. The minimum absolute atomic E-state index is 0.0228. The molecular weight excluding hydrogens is 208 g/mol. The smallest absolute Gasteiger partial charge is 0.106 e. The van der Waals surface area contributed by atoms with Crippen LogP contribution in [0.25, 0.3) is 0 Å². The Morgan fingerprint density at radius 3 is 2.93 bits per heavy atom. The van der Waals surface area contributed by atoms with E-state index < -0.39 is 5.60 Å². The number of aliphatic hydroxyl groups is 1. The molecule has 0 aliphatic carbocycles. The summed E-state index contributed by atoms with van der Waals surface area (Å²) in [6, 6.07) is 3.81. The first-order valence-corrected chi connectivity index (χ1v) is 6.52. The predicted octanol–water partition coefficient (Wildman–Crippen LogP) is 2.72. The Kier molecular flexibility index (Phi) is 2.86. The summed E-state index contributed by atoms with van der Waals surface area (Å²) >= 11 is 1.83. The van der Waals surface area contributed by atoms with Crippen LogP contribution in [0.15, 0.2) is 22.8 Å². The van der Waals surface area contributed by atoms with Gasteiger partial charge in [-0.3, -0.25) is 0 Å². The van der Waals surface area contributed by atoms with Gasteiger partial charge in [0.1, 0.15) is 5.76 Å². The maximum atomic E-state index is 10.7. The largest absolute Gasteiger partial charge is 0.469 e. The van der Waals surface area contributed by atoms with E-state index in [1.807, 2.05) is 23.9 Å². The summed E-state index contributed by atoms with van der Waals surface area (Å²) in [6.07, 6.45) is 3.36. The lowest BCUT2D eigenvalue weighted by atomic mass is 9.71. The lowest BCUT2D eigenvalue weighted by Gasteiger charge is -2.45. The van der Waals surface area contributed by atoms with E-state index in [2.05, 4.69) is 13.8 Å². The molecule has 0 amide bonds. The molecule has 2 rings (SSSR count). The first-order valence-electron chi connectivity index (χ1n) is 5.36. The van der Waals surface area contributed by atoms with Gasteiger partial charge in [0.15, 0.2) is 0 Å². The van der Waals surface area contributed by atoms with E-state index in [1.54, 1.807) is 6.26 Å². The molecule has 1 N–H and O–H groups in total. The monoisotopic (exact) mass is 226 g/mol. The van der Waals surface area contributed by atoms with Crippen LogP contribution in [-0.2, 0) is 6.42 Å². The van der Waals surface area contributed by atoms with E-state index >= 15 is 0 Å². The number of thioether (sulfide) groups is 1. The van der Waals surface area contributed by atoms with Crippen molar-refractivity contribution in [2.24, 2.45) is 5.41 Å². The summed E-state index contributed by atoms with van der Waals surface area (Å²) in [5.41, 5.74) is -0.654. The van der Waals surface area contributed by atoms with E-state index in [0.717, 1.165) is 23.7 Å². The van der Waals surface area contributed by atoms with Crippen LogP contribution < -0.4 is 0 Å². The van der Waals surface area contributed by atoms with Crippen molar-refractivity contribution in [2.45, 2.75) is 32.3 Å². The third-order valence-corrected chi connectivity index (χ3v) is 4.69. The third kappa shape index (κ3) is 2.08. The summed E-state index contributed by atoms with van der Waals surface area (Å²) in [7, 11) is 0. The Hall–Kier alpha value is -0.410. The van der Waals surface area contributed by atoms with Gasteiger partial charge in [-0.2, -0.15) is 11.8 Å². The van der Waals surface area contributed by atoms with Crippen molar-refractivity contribution in [1.29, 1.82) is 0 Å². The second kappa shape index (κ2) is 3.87. The van der Waals surface area contributed by atoms with Crippen molar-refractivity contribution >= 4 is 11.8 Å². The Labute approximate surface area is 95.1 Å². The average molecular weight is 226 g/mol. The van der Waals surface area contributed by atoms with Gasteiger partial charge in [0.25, 0.3) is 0 Å². The van der Waals surface area contributed by atoms with Crippen LogP contribution >= 0.6 is 11.8 Å². The van der Waals surface area contributed by atoms with Crippen molar-refractivity contribution in [1.82, 2.24) is 0 Å². The summed E-state index contributed by atoms with van der Waals surface area (Å²) < 4.78 is 5.33. The van der Waals surface area contributed by atoms with Gasteiger partial charge in [-0.25, -0.2) is 0 Å². The maximum Gasteiger partial charge on any atom is 0.106 e. The minimum Gasteiger partial charge on any atom is -0.469 e. The molecule has 0 spiro atoms. The zero-order valence-electron chi connectivity index (χ0n) is 9.32. The van der Waals surface area contributed by atoms with Crippen molar-refractivity contribution in [2.75, 3.05) is 11.5 Å². The van der Waals surface area contributed by atoms with E-state index in [0.29, 0.717) is 6.42 Å². The second-order valence-electron chi connectivity index (χ2n) is 4.97. The predicted molar refractivity (Wildman–Crippen MR) is 63.1 cm³/mol. The SMILES string of the molecule is CC1(C)CCSCC1(O)Cc1ccco1. The van der Waals surface area contributed by atoms with Crippen LogP contribution in [0.1, 0.15) is 26.0 Å². The maximum absolute atomic E-state index is 10.7. The molecule has 1 fully saturated rings. The summed E-state index contributed by atoms with van der Waals surface area (Å²) in [6.45, 7) is 4.30. The van der Waals surface area contributed by atoms with Gasteiger partial charge in [0, 0.05) is 12.2 Å². The topological polar surface area (TPSA) is 33.4 Å². The fourth-order valence-corrected chi connectivity index (χ4v) is 3.62. The van der Waals surface area contributed by atoms with Gasteiger partial charge in [0.2, 0.25) is 0 Å².